The van der Waals surface area contributed by atoms with Crippen LogP contribution >= 0.6 is 46.1 Å². The Bertz CT molecular complexity index is 3390. The van der Waals surface area contributed by atoms with Gasteiger partial charge < -0.3 is 45.0 Å². The van der Waals surface area contributed by atoms with Crippen molar-refractivity contribution in [3.8, 4) is 16.8 Å². The number of nitrogens with zero attached hydrogens (tertiary/aromatic N) is 5. The first-order valence-corrected chi connectivity index (χ1v) is 29.0. The van der Waals surface area contributed by atoms with Crippen molar-refractivity contribution in [2.75, 3.05) is 78.4 Å². The topological polar surface area (TPSA) is 212 Å². The maximum absolute atomic E-state index is 16.2. The number of benzene rings is 4. The summed E-state index contributed by atoms with van der Waals surface area (Å²) in [7, 11) is 1.38. The summed E-state index contributed by atoms with van der Waals surface area (Å²) in [6.07, 6.45) is 0.357. The van der Waals surface area contributed by atoms with Gasteiger partial charge in [-0.2, -0.15) is 5.26 Å². The van der Waals surface area contributed by atoms with Crippen LogP contribution in [0.25, 0.3) is 5.00 Å². The van der Waals surface area contributed by atoms with E-state index < -0.39 is 58.3 Å². The number of methoxy groups -OCH3 is 1. The van der Waals surface area contributed by atoms with Crippen molar-refractivity contribution >= 4 is 75.3 Å². The summed E-state index contributed by atoms with van der Waals surface area (Å²) in [5.41, 5.74) is 1.85. The third-order valence-electron chi connectivity index (χ3n) is 14.4. The fourth-order valence-electron chi connectivity index (χ4n) is 10.4. The second-order valence-corrected chi connectivity index (χ2v) is 23.7. The Kier molecular flexibility index (Phi) is 21.1. The van der Waals surface area contributed by atoms with Gasteiger partial charge in [-0.25, -0.2) is 8.78 Å². The number of nitriles is 1. The third-order valence-corrected chi connectivity index (χ3v) is 16.4. The van der Waals surface area contributed by atoms with Gasteiger partial charge in [-0.3, -0.25) is 23.9 Å². The van der Waals surface area contributed by atoms with Crippen molar-refractivity contribution in [3.05, 3.63) is 155 Å². The third kappa shape index (κ3) is 14.6. The molecule has 1 saturated heterocycles. The molecule has 0 radical (unpaired) electrons. The van der Waals surface area contributed by atoms with Crippen molar-refractivity contribution in [2.24, 2.45) is 10.4 Å². The van der Waals surface area contributed by atoms with Gasteiger partial charge in [0, 0.05) is 62.2 Å². The zero-order valence-electron chi connectivity index (χ0n) is 47.1. The monoisotopic (exact) mass is 1220 g/mol. The second kappa shape index (κ2) is 28.0. The minimum Gasteiger partial charge on any atom is -0.495 e. The van der Waals surface area contributed by atoms with Gasteiger partial charge in [0.05, 0.1) is 94.9 Å². The lowest BCUT2D eigenvalue weighted by Gasteiger charge is -2.37. The number of amides is 3. The first-order chi connectivity index (χ1) is 39.8. The molecule has 2 aliphatic heterocycles. The average molecular weight is 1220 g/mol. The summed E-state index contributed by atoms with van der Waals surface area (Å²) in [6, 6.07) is 19.9. The molecule has 2 aromatic heterocycles. The van der Waals surface area contributed by atoms with Crippen LogP contribution in [-0.4, -0.2) is 123 Å². The summed E-state index contributed by atoms with van der Waals surface area (Å²) in [5.74, 6) is -2.73. The number of aromatic nitrogens is 3. The number of thiophene rings is 1. The second-order valence-electron chi connectivity index (χ2n) is 21.3. The Labute approximate surface area is 500 Å². The number of anilines is 1. The number of carbonyl (C=O) groups is 3. The van der Waals surface area contributed by atoms with E-state index in [0.717, 1.165) is 38.3 Å². The molecule has 4 unspecified atom stereocenters. The number of aryl methyl sites for hydroxylation is 2. The molecule has 0 saturated carbocycles. The fourth-order valence-corrected chi connectivity index (χ4v) is 12.1. The van der Waals surface area contributed by atoms with Crippen LogP contribution < -0.4 is 26.0 Å². The van der Waals surface area contributed by atoms with Crippen LogP contribution in [0.1, 0.15) is 100 Å². The Morgan fingerprint density at radius 3 is 2.12 bits per heavy atom. The standard InChI is InChI=1S/C60H66Cl3F2N9O8S/c1-34-35(2)83-58-50(34)53(37-11-14-39(61)15-12-37)69-46(55-73-72-36(3)74(55)58)31-49(75)67-19-21-79-23-25-81-27-28-82-26-24-80-22-20-68-56(76)38-13-18-45(47(29-38)78-7)70-57(77)54-51(41-9-8-10-43(63)52(41)65)60(33-66,48(71-54)32-59(4,5)6)42-17-16-40(62)30-44(42)64/h8-18,29-30,46,48,51,54,71H,19-28,31-32H2,1-7H3,(H,67,75)(H,68,76)(H,70,77)/t46-,48?,51?,54?,60?/m0/s1. The van der Waals surface area contributed by atoms with Crippen LogP contribution in [0, 0.1) is 49.2 Å². The predicted octanol–water partition coefficient (Wildman–Crippen LogP) is 10.4. The normalized spacial score (nSPS) is 18.4. The Hall–Kier alpha value is -6.38. The highest BCUT2D eigenvalue weighted by Gasteiger charge is 2.61. The highest BCUT2D eigenvalue weighted by atomic mass is 35.5. The summed E-state index contributed by atoms with van der Waals surface area (Å²) >= 11 is 20.4. The molecule has 23 heteroatoms. The number of rotatable bonds is 25. The summed E-state index contributed by atoms with van der Waals surface area (Å²) in [5, 5.41) is 33.4. The van der Waals surface area contributed by atoms with E-state index in [-0.39, 0.29) is 76.7 Å². The molecule has 0 spiro atoms. The minimum absolute atomic E-state index is 0.0491. The molecule has 4 aromatic carbocycles. The van der Waals surface area contributed by atoms with Crippen molar-refractivity contribution in [1.29, 1.82) is 5.26 Å². The summed E-state index contributed by atoms with van der Waals surface area (Å²) in [4.78, 5) is 47.3. The lowest BCUT2D eigenvalue weighted by atomic mass is 9.62. The van der Waals surface area contributed by atoms with E-state index in [4.69, 9.17) is 63.5 Å². The molecule has 0 aliphatic carbocycles. The van der Waals surface area contributed by atoms with E-state index in [0.29, 0.717) is 62.9 Å². The number of carbonyl (C=O) groups excluding carboxylic acids is 3. The average Bonchev–Trinajstić information content (AvgIpc) is 3.08. The van der Waals surface area contributed by atoms with E-state index >= 15 is 8.78 Å². The van der Waals surface area contributed by atoms with Crippen molar-refractivity contribution in [1.82, 2.24) is 30.7 Å². The van der Waals surface area contributed by atoms with Crippen molar-refractivity contribution in [2.45, 2.75) is 83.8 Å². The molecule has 4 N–H and O–H groups in total. The lowest BCUT2D eigenvalue weighted by molar-refractivity contribution is -0.121. The largest absolute Gasteiger partial charge is 0.495 e. The van der Waals surface area contributed by atoms with Gasteiger partial charge in [-0.15, -0.1) is 21.5 Å². The molecule has 3 amide bonds. The van der Waals surface area contributed by atoms with Gasteiger partial charge in [0.25, 0.3) is 5.91 Å². The molecular formula is C60H66Cl3F2N9O8S. The van der Waals surface area contributed by atoms with Crippen LogP contribution in [0.3, 0.4) is 0 Å². The van der Waals surface area contributed by atoms with Gasteiger partial charge >= 0.3 is 0 Å². The van der Waals surface area contributed by atoms with E-state index in [1.54, 1.807) is 11.3 Å². The van der Waals surface area contributed by atoms with Gasteiger partial charge in [0.1, 0.15) is 39.7 Å². The van der Waals surface area contributed by atoms with E-state index in [1.165, 1.54) is 55.6 Å². The van der Waals surface area contributed by atoms with Gasteiger partial charge in [0.15, 0.2) is 5.82 Å². The van der Waals surface area contributed by atoms with E-state index in [1.807, 2.05) is 56.5 Å². The van der Waals surface area contributed by atoms with Gasteiger partial charge in [-0.1, -0.05) is 85.9 Å². The molecule has 83 heavy (non-hydrogen) atoms. The quantitative estimate of drug-likeness (QED) is 0.0394. The van der Waals surface area contributed by atoms with Crippen molar-refractivity contribution in [3.63, 3.8) is 0 Å². The predicted molar refractivity (Wildman–Crippen MR) is 316 cm³/mol. The van der Waals surface area contributed by atoms with Gasteiger partial charge in [0.2, 0.25) is 11.8 Å². The SMILES string of the molecule is COc1cc(C(=O)NCCOCCOCCOCCOCCNC(=O)C[C@@H]2N=C(c3ccc(Cl)cc3)c3c(sc(C)c3C)-n3c(C)nnc32)ccc1NC(=O)C1NC(CC(C)(C)C)C(C#N)(c2ccc(Cl)cc2F)C1c1cccc(Cl)c1F. The molecule has 4 heterocycles. The van der Waals surface area contributed by atoms with Crippen LogP contribution in [0.4, 0.5) is 14.5 Å². The first kappa shape index (κ1) is 62.7. The smallest absolute Gasteiger partial charge is 0.251 e. The van der Waals surface area contributed by atoms with E-state index in [9.17, 15) is 19.6 Å². The Morgan fingerprint density at radius 2 is 1.48 bits per heavy atom. The van der Waals surface area contributed by atoms with E-state index in [2.05, 4.69) is 51.4 Å². The number of nitrogens with one attached hydrogen (secondary N) is 4. The minimum atomic E-state index is -1.82. The molecule has 6 aromatic rings. The molecule has 2 aliphatic rings. The highest BCUT2D eigenvalue weighted by Crippen LogP contribution is 2.53. The molecule has 17 nitrogen and oxygen atoms in total. The number of fused-ring (bicyclic) bond motifs is 3. The molecule has 8 rings (SSSR count). The number of ether oxygens (including phenoxy) is 5. The molecular weight excluding hydrogens is 1150 g/mol. The maximum atomic E-state index is 16.2. The van der Waals surface area contributed by atoms with Crippen LogP contribution in [0.5, 0.6) is 5.75 Å². The summed E-state index contributed by atoms with van der Waals surface area (Å²) < 4.78 is 62.4. The zero-order valence-corrected chi connectivity index (χ0v) is 50.2. The number of aliphatic imine (C=N–C) groups is 1. The molecule has 0 bridgehead atoms. The molecule has 5 atom stereocenters. The van der Waals surface area contributed by atoms with Crippen LogP contribution in [0.2, 0.25) is 15.1 Å². The number of hydrogen-bond donors (Lipinski definition) is 4. The molecule has 1 fully saturated rings. The van der Waals surface area contributed by atoms with Gasteiger partial charge in [-0.05, 0) is 92.3 Å². The molecule has 440 valence electrons. The summed E-state index contributed by atoms with van der Waals surface area (Å²) in [6.45, 7) is 14.8. The Balaban J connectivity index is 0.733. The lowest BCUT2D eigenvalue weighted by Crippen LogP contribution is -2.45. The number of hydrogen-bond acceptors (Lipinski definition) is 14. The van der Waals surface area contributed by atoms with Crippen molar-refractivity contribution < 1.29 is 46.8 Å². The Morgan fingerprint density at radius 1 is 0.831 bits per heavy atom. The first-order valence-electron chi connectivity index (χ1n) is 27.0. The maximum Gasteiger partial charge on any atom is 0.251 e. The highest BCUT2D eigenvalue weighted by molar-refractivity contribution is 7.15. The fraction of sp³-hybridized carbons (Fsp3) is 0.417. The number of halogens is 5. The van der Waals surface area contributed by atoms with Crippen LogP contribution in [0.15, 0.2) is 83.9 Å². The zero-order chi connectivity index (χ0) is 59.6. The van der Waals surface area contributed by atoms with Crippen LogP contribution in [-0.2, 0) is 34.0 Å².